The van der Waals surface area contributed by atoms with Crippen LogP contribution in [0.5, 0.6) is 0 Å². The SMILES string of the molecule is Cc1nn(C)c(C)c1CN1CCOC2(CCCCN(C)C2=O)C1. The lowest BCUT2D eigenvalue weighted by Crippen LogP contribution is -2.59. The first-order chi connectivity index (χ1) is 10.9. The van der Waals surface area contributed by atoms with Crippen LogP contribution in [0.4, 0.5) is 0 Å². The van der Waals surface area contributed by atoms with Gasteiger partial charge in [-0.1, -0.05) is 0 Å². The smallest absolute Gasteiger partial charge is 0.255 e. The topological polar surface area (TPSA) is 50.6 Å². The van der Waals surface area contributed by atoms with Crippen molar-refractivity contribution in [2.24, 2.45) is 7.05 Å². The molecule has 1 spiro atoms. The number of carbonyl (C=O) groups excluding carboxylic acids is 1. The number of nitrogens with zero attached hydrogens (tertiary/aromatic N) is 4. The molecule has 128 valence electrons. The van der Waals surface area contributed by atoms with Gasteiger partial charge in [0.25, 0.3) is 5.91 Å². The number of likely N-dealkylation sites (tertiary alicyclic amines) is 1. The van der Waals surface area contributed by atoms with Crippen molar-refractivity contribution < 1.29 is 9.53 Å². The monoisotopic (exact) mass is 320 g/mol. The molecule has 2 saturated heterocycles. The lowest BCUT2D eigenvalue weighted by atomic mass is 9.94. The van der Waals surface area contributed by atoms with Crippen molar-refractivity contribution in [3.8, 4) is 0 Å². The zero-order chi connectivity index (χ0) is 16.6. The van der Waals surface area contributed by atoms with Crippen LogP contribution in [0, 0.1) is 13.8 Å². The van der Waals surface area contributed by atoms with Crippen molar-refractivity contribution in [1.29, 1.82) is 0 Å². The standard InChI is InChI=1S/C17H28N4O2/c1-13-15(14(2)20(4)18-13)11-21-9-10-23-17(12-21)7-5-6-8-19(3)16(17)22/h5-12H2,1-4H3. The van der Waals surface area contributed by atoms with E-state index in [-0.39, 0.29) is 5.91 Å². The van der Waals surface area contributed by atoms with E-state index in [1.807, 2.05) is 23.7 Å². The summed E-state index contributed by atoms with van der Waals surface area (Å²) in [5, 5.41) is 4.51. The Morgan fingerprint density at radius 3 is 2.70 bits per heavy atom. The highest BCUT2D eigenvalue weighted by Gasteiger charge is 2.46. The molecule has 2 fully saturated rings. The molecule has 6 nitrogen and oxygen atoms in total. The van der Waals surface area contributed by atoms with Crippen molar-refractivity contribution in [2.45, 2.75) is 45.3 Å². The van der Waals surface area contributed by atoms with Crippen LogP contribution in [0.25, 0.3) is 0 Å². The summed E-state index contributed by atoms with van der Waals surface area (Å²) in [6, 6.07) is 0. The van der Waals surface area contributed by atoms with Crippen LogP contribution >= 0.6 is 0 Å². The Kier molecular flexibility index (Phi) is 4.47. The fourth-order valence-corrected chi connectivity index (χ4v) is 3.86. The normalized spacial score (nSPS) is 26.8. The fourth-order valence-electron chi connectivity index (χ4n) is 3.86. The second kappa shape index (κ2) is 6.24. The minimum absolute atomic E-state index is 0.152. The number of carbonyl (C=O) groups is 1. The summed E-state index contributed by atoms with van der Waals surface area (Å²) < 4.78 is 7.98. The third-order valence-electron chi connectivity index (χ3n) is 5.37. The van der Waals surface area contributed by atoms with Gasteiger partial charge in [-0.05, 0) is 33.1 Å². The van der Waals surface area contributed by atoms with Crippen LogP contribution in [0.3, 0.4) is 0 Å². The van der Waals surface area contributed by atoms with E-state index in [1.165, 1.54) is 11.3 Å². The van der Waals surface area contributed by atoms with Gasteiger partial charge in [-0.25, -0.2) is 0 Å². The molecule has 1 atom stereocenters. The summed E-state index contributed by atoms with van der Waals surface area (Å²) >= 11 is 0. The Hall–Kier alpha value is -1.40. The van der Waals surface area contributed by atoms with Crippen molar-refractivity contribution >= 4 is 5.91 Å². The maximum absolute atomic E-state index is 12.8. The molecule has 6 heteroatoms. The lowest BCUT2D eigenvalue weighted by molar-refractivity contribution is -0.169. The van der Waals surface area contributed by atoms with Crippen molar-refractivity contribution in [2.75, 3.05) is 33.3 Å². The van der Waals surface area contributed by atoms with E-state index in [0.29, 0.717) is 13.2 Å². The molecule has 1 aromatic rings. The number of aryl methyl sites for hydroxylation is 2. The maximum atomic E-state index is 12.8. The Morgan fingerprint density at radius 1 is 1.22 bits per heavy atom. The minimum atomic E-state index is -0.645. The van der Waals surface area contributed by atoms with Gasteiger partial charge in [0.05, 0.1) is 12.3 Å². The van der Waals surface area contributed by atoms with E-state index in [2.05, 4.69) is 23.8 Å². The molecule has 2 aliphatic heterocycles. The summed E-state index contributed by atoms with van der Waals surface area (Å²) in [5.41, 5.74) is 2.91. The van der Waals surface area contributed by atoms with Gasteiger partial charge >= 0.3 is 0 Å². The number of morpholine rings is 1. The number of rotatable bonds is 2. The van der Waals surface area contributed by atoms with Gasteiger partial charge in [0.1, 0.15) is 0 Å². The van der Waals surface area contributed by atoms with Crippen molar-refractivity contribution in [3.05, 3.63) is 17.0 Å². The maximum Gasteiger partial charge on any atom is 0.255 e. The Balaban J connectivity index is 1.79. The number of hydrogen-bond donors (Lipinski definition) is 0. The lowest BCUT2D eigenvalue weighted by Gasteiger charge is -2.42. The Labute approximate surface area is 138 Å². The van der Waals surface area contributed by atoms with E-state index < -0.39 is 5.60 Å². The molecule has 0 aromatic carbocycles. The molecule has 23 heavy (non-hydrogen) atoms. The number of aromatic nitrogens is 2. The highest BCUT2D eigenvalue weighted by atomic mass is 16.5. The van der Waals surface area contributed by atoms with Crippen molar-refractivity contribution in [3.63, 3.8) is 0 Å². The van der Waals surface area contributed by atoms with Crippen LogP contribution in [0.1, 0.15) is 36.2 Å². The van der Waals surface area contributed by atoms with Crippen LogP contribution in [0.2, 0.25) is 0 Å². The van der Waals surface area contributed by atoms with Gasteiger partial charge in [0.2, 0.25) is 0 Å². The van der Waals surface area contributed by atoms with Crippen LogP contribution in [-0.4, -0.2) is 64.4 Å². The van der Waals surface area contributed by atoms with E-state index in [4.69, 9.17) is 4.74 Å². The first-order valence-corrected chi connectivity index (χ1v) is 8.54. The van der Waals surface area contributed by atoms with Gasteiger partial charge in [0, 0.05) is 51.5 Å². The van der Waals surface area contributed by atoms with Gasteiger partial charge in [-0.2, -0.15) is 5.10 Å². The molecule has 0 aliphatic carbocycles. The summed E-state index contributed by atoms with van der Waals surface area (Å²) in [6.07, 6.45) is 2.95. The average Bonchev–Trinajstić information content (AvgIpc) is 2.68. The van der Waals surface area contributed by atoms with Gasteiger partial charge in [-0.15, -0.1) is 0 Å². The molecule has 2 aliphatic rings. The largest absolute Gasteiger partial charge is 0.362 e. The second-order valence-corrected chi connectivity index (χ2v) is 7.01. The van der Waals surface area contributed by atoms with Crippen molar-refractivity contribution in [1.82, 2.24) is 19.6 Å². The fraction of sp³-hybridized carbons (Fsp3) is 0.765. The van der Waals surface area contributed by atoms with E-state index in [9.17, 15) is 4.79 Å². The number of ether oxygens (including phenoxy) is 1. The zero-order valence-corrected chi connectivity index (χ0v) is 14.8. The molecule has 0 radical (unpaired) electrons. The van der Waals surface area contributed by atoms with Gasteiger partial charge in [0.15, 0.2) is 5.60 Å². The van der Waals surface area contributed by atoms with Gasteiger partial charge in [-0.3, -0.25) is 14.4 Å². The molecular formula is C17H28N4O2. The Bertz CT molecular complexity index is 598. The van der Waals surface area contributed by atoms with E-state index in [0.717, 1.165) is 44.6 Å². The van der Waals surface area contributed by atoms with Gasteiger partial charge < -0.3 is 9.64 Å². The molecule has 1 unspecified atom stereocenters. The third kappa shape index (κ3) is 3.02. The molecule has 0 saturated carbocycles. The number of hydrogen-bond acceptors (Lipinski definition) is 4. The molecule has 1 amide bonds. The zero-order valence-electron chi connectivity index (χ0n) is 14.8. The summed E-state index contributed by atoms with van der Waals surface area (Å²) in [6.45, 7) is 8.02. The highest BCUT2D eigenvalue weighted by Crippen LogP contribution is 2.30. The average molecular weight is 320 g/mol. The van der Waals surface area contributed by atoms with Crippen LogP contribution in [0.15, 0.2) is 0 Å². The highest BCUT2D eigenvalue weighted by molar-refractivity contribution is 5.85. The molecule has 0 bridgehead atoms. The summed E-state index contributed by atoms with van der Waals surface area (Å²) in [4.78, 5) is 17.0. The molecule has 1 aromatic heterocycles. The first-order valence-electron chi connectivity index (χ1n) is 8.54. The summed E-state index contributed by atoms with van der Waals surface area (Å²) in [5.74, 6) is 0.152. The number of amides is 1. The molecule has 0 N–H and O–H groups in total. The minimum Gasteiger partial charge on any atom is -0.362 e. The molecule has 3 heterocycles. The van der Waals surface area contributed by atoms with E-state index >= 15 is 0 Å². The molecule has 3 rings (SSSR count). The Morgan fingerprint density at radius 2 is 2.00 bits per heavy atom. The predicted octanol–water partition coefficient (Wildman–Crippen LogP) is 1.25. The summed E-state index contributed by atoms with van der Waals surface area (Å²) in [7, 11) is 3.88. The number of likely N-dealkylation sites (N-methyl/N-ethyl adjacent to an activating group) is 1. The predicted molar refractivity (Wildman–Crippen MR) is 88.1 cm³/mol. The molecular weight excluding hydrogens is 292 g/mol. The van der Waals surface area contributed by atoms with Crippen LogP contribution < -0.4 is 0 Å². The van der Waals surface area contributed by atoms with Crippen LogP contribution in [-0.2, 0) is 23.1 Å². The third-order valence-corrected chi connectivity index (χ3v) is 5.37. The van der Waals surface area contributed by atoms with E-state index in [1.54, 1.807) is 0 Å². The quantitative estimate of drug-likeness (QED) is 0.823. The first kappa shape index (κ1) is 16.5. The second-order valence-electron chi connectivity index (χ2n) is 7.01.